The summed E-state index contributed by atoms with van der Waals surface area (Å²) in [4.78, 5) is 23.2. The Kier molecular flexibility index (Phi) is 12.5. The fraction of sp³-hybridized carbons (Fsp3) is 0.818. The summed E-state index contributed by atoms with van der Waals surface area (Å²) in [5.41, 5.74) is 0. The average Bonchev–Trinajstić information content (AvgIpc) is 2.89. The molecule has 1 aliphatic rings. The van der Waals surface area contributed by atoms with Gasteiger partial charge >= 0.3 is 11.8 Å². The largest absolute Gasteiger partial charge is 0.353 e. The number of hydrogen-bond donors (Lipinski definition) is 1. The number of allylic oxidation sites excluding steroid dienone is 2. The number of hydroxylamine groups is 3. The van der Waals surface area contributed by atoms with Crippen LogP contribution in [0.4, 0.5) is 0 Å². The molecule has 0 aromatic carbocycles. The molecule has 0 unspecified atom stereocenters. The van der Waals surface area contributed by atoms with E-state index in [1.165, 1.54) is 70.6 Å². The van der Waals surface area contributed by atoms with Crippen LogP contribution in [0.1, 0.15) is 110 Å². The molecule has 4 heteroatoms. The van der Waals surface area contributed by atoms with E-state index in [9.17, 15) is 14.8 Å². The van der Waals surface area contributed by atoms with Crippen LogP contribution in [0.15, 0.2) is 12.2 Å². The standard InChI is InChI=1S/C22H40NO3/c1-2-3-4-5-6-7-8-9-10-11-12-13-14-15-16-17-20-23(26)21(24)18-19-22(23)25/h9-10,26H,2-8,11-20H2,1H3/q+1. The Morgan fingerprint density at radius 2 is 1.15 bits per heavy atom. The molecule has 2 amide bonds. The fourth-order valence-corrected chi connectivity index (χ4v) is 3.56. The second-order valence-corrected chi connectivity index (χ2v) is 7.72. The van der Waals surface area contributed by atoms with Gasteiger partial charge in [0.05, 0.1) is 12.8 Å². The summed E-state index contributed by atoms with van der Waals surface area (Å²) in [5, 5.41) is 10.1. The highest BCUT2D eigenvalue weighted by Crippen LogP contribution is 2.21. The fourth-order valence-electron chi connectivity index (χ4n) is 3.56. The van der Waals surface area contributed by atoms with Crippen molar-refractivity contribution >= 4 is 11.8 Å². The lowest BCUT2D eigenvalue weighted by molar-refractivity contribution is -0.971. The zero-order valence-corrected chi connectivity index (χ0v) is 16.9. The summed E-state index contributed by atoms with van der Waals surface area (Å²) in [6, 6.07) is 0. The van der Waals surface area contributed by atoms with Gasteiger partial charge in [-0.2, -0.15) is 0 Å². The molecule has 0 bridgehead atoms. The number of carbonyl (C=O) groups excluding carboxylic acids is 2. The minimum Gasteiger partial charge on any atom is -0.227 e. The van der Waals surface area contributed by atoms with Gasteiger partial charge in [0, 0.05) is 6.42 Å². The van der Waals surface area contributed by atoms with Crippen molar-refractivity contribution in [1.29, 1.82) is 0 Å². The molecule has 0 aromatic rings. The lowest BCUT2D eigenvalue weighted by Crippen LogP contribution is -2.49. The topological polar surface area (TPSA) is 54.4 Å². The van der Waals surface area contributed by atoms with Crippen molar-refractivity contribution in [2.24, 2.45) is 0 Å². The zero-order chi connectivity index (χ0) is 19.1. The van der Waals surface area contributed by atoms with Crippen LogP contribution in [0.5, 0.6) is 0 Å². The van der Waals surface area contributed by atoms with Crippen molar-refractivity contribution in [2.75, 3.05) is 6.54 Å². The molecule has 1 saturated heterocycles. The molecule has 0 saturated carbocycles. The van der Waals surface area contributed by atoms with Crippen LogP contribution in [0.2, 0.25) is 0 Å². The van der Waals surface area contributed by atoms with E-state index in [-0.39, 0.29) is 31.2 Å². The monoisotopic (exact) mass is 366 g/mol. The van der Waals surface area contributed by atoms with Crippen LogP contribution in [0.25, 0.3) is 0 Å². The summed E-state index contributed by atoms with van der Waals surface area (Å²) < 4.78 is -0.941. The Labute approximate surface area is 160 Å². The molecular formula is C22H40NO3+. The third kappa shape index (κ3) is 9.09. The normalized spacial score (nSPS) is 16.8. The van der Waals surface area contributed by atoms with Crippen molar-refractivity contribution in [2.45, 2.75) is 110 Å². The van der Waals surface area contributed by atoms with Gasteiger partial charge in [0.15, 0.2) is 0 Å². The van der Waals surface area contributed by atoms with Crippen LogP contribution in [-0.4, -0.2) is 28.2 Å². The maximum absolute atomic E-state index is 11.6. The Balaban J connectivity index is 1.86. The van der Waals surface area contributed by atoms with E-state index in [4.69, 9.17) is 0 Å². The summed E-state index contributed by atoms with van der Waals surface area (Å²) >= 11 is 0. The molecule has 1 fully saturated rings. The van der Waals surface area contributed by atoms with Crippen LogP contribution >= 0.6 is 0 Å². The van der Waals surface area contributed by atoms with Crippen molar-refractivity contribution in [3.05, 3.63) is 12.2 Å². The number of likely N-dealkylation sites (tertiary alicyclic amines) is 1. The highest BCUT2D eigenvalue weighted by Gasteiger charge is 2.49. The van der Waals surface area contributed by atoms with Gasteiger partial charge in [-0.1, -0.05) is 75.1 Å². The van der Waals surface area contributed by atoms with E-state index >= 15 is 0 Å². The van der Waals surface area contributed by atoms with Crippen LogP contribution < -0.4 is 0 Å². The Morgan fingerprint density at radius 3 is 1.65 bits per heavy atom. The molecule has 1 rings (SSSR count). The van der Waals surface area contributed by atoms with Gasteiger partial charge in [0.1, 0.15) is 6.54 Å². The summed E-state index contributed by atoms with van der Waals surface area (Å²) in [6.45, 7) is 2.52. The average molecular weight is 367 g/mol. The second-order valence-electron chi connectivity index (χ2n) is 7.72. The van der Waals surface area contributed by atoms with E-state index in [1.807, 2.05) is 0 Å². The van der Waals surface area contributed by atoms with Crippen LogP contribution in [0.3, 0.4) is 0 Å². The number of imide groups is 1. The first kappa shape index (κ1) is 23.0. The van der Waals surface area contributed by atoms with Gasteiger partial charge in [-0.3, -0.25) is 0 Å². The number of hydrogen-bond acceptors (Lipinski definition) is 3. The zero-order valence-electron chi connectivity index (χ0n) is 16.9. The van der Waals surface area contributed by atoms with E-state index in [0.717, 1.165) is 19.3 Å². The van der Waals surface area contributed by atoms with Crippen molar-refractivity contribution < 1.29 is 19.4 Å². The van der Waals surface area contributed by atoms with Crippen molar-refractivity contribution in [1.82, 2.24) is 0 Å². The molecule has 0 radical (unpaired) electrons. The lowest BCUT2D eigenvalue weighted by Gasteiger charge is -2.18. The number of amides is 2. The highest BCUT2D eigenvalue weighted by atomic mass is 16.6. The maximum atomic E-state index is 11.6. The smallest absolute Gasteiger partial charge is 0.227 e. The van der Waals surface area contributed by atoms with E-state index in [2.05, 4.69) is 19.1 Å². The predicted octanol–water partition coefficient (Wildman–Crippen LogP) is 6.08. The summed E-state index contributed by atoms with van der Waals surface area (Å²) in [6.07, 6.45) is 22.2. The van der Waals surface area contributed by atoms with Crippen LogP contribution in [0, 0.1) is 0 Å². The molecule has 1 aliphatic heterocycles. The highest BCUT2D eigenvalue weighted by molar-refractivity contribution is 5.90. The summed E-state index contributed by atoms with van der Waals surface area (Å²) in [5.74, 6) is -0.662. The van der Waals surface area contributed by atoms with Gasteiger partial charge in [0.25, 0.3) is 0 Å². The number of quaternary nitrogens is 1. The molecule has 0 aromatic heterocycles. The molecule has 1 N–H and O–H groups in total. The van der Waals surface area contributed by atoms with Crippen molar-refractivity contribution in [3.63, 3.8) is 0 Å². The van der Waals surface area contributed by atoms with Gasteiger partial charge < -0.3 is 0 Å². The van der Waals surface area contributed by atoms with E-state index in [1.54, 1.807) is 0 Å². The first-order valence-electron chi connectivity index (χ1n) is 10.9. The van der Waals surface area contributed by atoms with Crippen LogP contribution in [-0.2, 0) is 9.59 Å². The molecule has 4 nitrogen and oxygen atoms in total. The lowest BCUT2D eigenvalue weighted by atomic mass is 10.1. The minimum absolute atomic E-state index is 0.196. The van der Waals surface area contributed by atoms with Crippen molar-refractivity contribution in [3.8, 4) is 0 Å². The quantitative estimate of drug-likeness (QED) is 0.118. The Bertz CT molecular complexity index is 415. The van der Waals surface area contributed by atoms with E-state index in [0.29, 0.717) is 0 Å². The third-order valence-electron chi connectivity index (χ3n) is 5.37. The minimum atomic E-state index is -0.941. The Hall–Kier alpha value is -1.00. The molecular weight excluding hydrogens is 326 g/mol. The molecule has 0 aliphatic carbocycles. The molecule has 0 spiro atoms. The molecule has 26 heavy (non-hydrogen) atoms. The first-order chi connectivity index (χ1) is 12.6. The van der Waals surface area contributed by atoms with Gasteiger partial charge in [-0.25, -0.2) is 14.8 Å². The van der Waals surface area contributed by atoms with Gasteiger partial charge in [0.2, 0.25) is 0 Å². The second kappa shape index (κ2) is 14.1. The third-order valence-corrected chi connectivity index (χ3v) is 5.37. The SMILES string of the molecule is CCCCCCCCC=CCCCCCCCC[N+]1(O)C(=O)CCC1=O. The van der Waals surface area contributed by atoms with Gasteiger partial charge in [-0.05, 0) is 32.1 Å². The number of nitrogens with zero attached hydrogens (tertiary/aromatic N) is 1. The number of rotatable bonds is 16. The molecule has 150 valence electrons. The number of carbonyl (C=O) groups is 2. The summed E-state index contributed by atoms with van der Waals surface area (Å²) in [7, 11) is 0. The Morgan fingerprint density at radius 1 is 0.731 bits per heavy atom. The predicted molar refractivity (Wildman–Crippen MR) is 106 cm³/mol. The molecule has 1 heterocycles. The van der Waals surface area contributed by atoms with E-state index < -0.39 is 4.65 Å². The van der Waals surface area contributed by atoms with Gasteiger partial charge in [-0.15, -0.1) is 0 Å². The first-order valence-corrected chi connectivity index (χ1v) is 10.9. The number of unbranched alkanes of at least 4 members (excludes halogenated alkanes) is 12. The molecule has 0 atom stereocenters. The maximum Gasteiger partial charge on any atom is 0.353 e.